The highest BCUT2D eigenvalue weighted by atomic mass is 32.2. The van der Waals surface area contributed by atoms with Crippen molar-refractivity contribution in [3.05, 3.63) is 83.9 Å². The highest BCUT2D eigenvalue weighted by molar-refractivity contribution is 8.26. The second kappa shape index (κ2) is 9.32. The van der Waals surface area contributed by atoms with Gasteiger partial charge in [0.25, 0.3) is 5.91 Å². The minimum Gasteiger partial charge on any atom is -0.494 e. The first kappa shape index (κ1) is 21.1. The number of carbonyl (C=O) groups is 1. The third kappa shape index (κ3) is 4.47. The number of amides is 1. The maximum atomic E-state index is 12.8. The molecule has 1 amide bonds. The molecule has 0 aliphatic carbocycles. The first-order valence-electron chi connectivity index (χ1n) is 9.85. The summed E-state index contributed by atoms with van der Waals surface area (Å²) in [7, 11) is 0. The number of aromatic nitrogens is 2. The van der Waals surface area contributed by atoms with Crippen molar-refractivity contribution >= 4 is 40.3 Å². The van der Waals surface area contributed by atoms with E-state index in [1.807, 2.05) is 78.5 Å². The van der Waals surface area contributed by atoms with Crippen LogP contribution in [0, 0.1) is 0 Å². The third-order valence-electron chi connectivity index (χ3n) is 4.67. The number of hydrogen-bond acceptors (Lipinski definition) is 5. The molecule has 4 rings (SSSR count). The van der Waals surface area contributed by atoms with Crippen molar-refractivity contribution in [3.8, 4) is 22.7 Å². The van der Waals surface area contributed by atoms with Crippen LogP contribution in [0.5, 0.6) is 5.75 Å². The van der Waals surface area contributed by atoms with Gasteiger partial charge in [-0.25, -0.2) is 4.68 Å². The molecule has 0 radical (unpaired) electrons. The molecule has 0 unspecified atom stereocenters. The summed E-state index contributed by atoms with van der Waals surface area (Å²) in [4.78, 5) is 14.9. The topological polar surface area (TPSA) is 47.4 Å². The standard InChI is InChI=1S/C24H21N3O2S2/c1-3-14-26-23(28)21(31-24(26)30)15-18-16-27(19-8-6-5-7-9-19)25-22(18)17-10-12-20(13-11-17)29-4-2/h3,5-13,15-16H,1,4,14H2,2H3. The molecule has 0 bridgehead atoms. The minimum absolute atomic E-state index is 0.111. The predicted molar refractivity (Wildman–Crippen MR) is 130 cm³/mol. The summed E-state index contributed by atoms with van der Waals surface area (Å²) in [5.74, 6) is 0.695. The molecule has 1 fully saturated rings. The molecular formula is C24H21N3O2S2. The highest BCUT2D eigenvalue weighted by Gasteiger charge is 2.31. The first-order chi connectivity index (χ1) is 15.1. The van der Waals surface area contributed by atoms with Crippen molar-refractivity contribution in [2.75, 3.05) is 13.2 Å². The van der Waals surface area contributed by atoms with Gasteiger partial charge in [-0.1, -0.05) is 48.3 Å². The van der Waals surface area contributed by atoms with Gasteiger partial charge in [-0.15, -0.1) is 6.58 Å². The van der Waals surface area contributed by atoms with Gasteiger partial charge >= 0.3 is 0 Å². The van der Waals surface area contributed by atoms with Crippen molar-refractivity contribution in [1.29, 1.82) is 0 Å². The Balaban J connectivity index is 1.77. The van der Waals surface area contributed by atoms with Crippen LogP contribution in [0.3, 0.4) is 0 Å². The molecule has 2 aromatic carbocycles. The second-order valence-corrected chi connectivity index (χ2v) is 8.43. The fourth-order valence-electron chi connectivity index (χ4n) is 3.23. The largest absolute Gasteiger partial charge is 0.494 e. The monoisotopic (exact) mass is 447 g/mol. The van der Waals surface area contributed by atoms with Crippen LogP contribution in [0.2, 0.25) is 0 Å². The molecule has 3 aromatic rings. The Morgan fingerprint density at radius 3 is 2.58 bits per heavy atom. The summed E-state index contributed by atoms with van der Waals surface area (Å²) in [5, 5.41) is 4.82. The number of para-hydroxylation sites is 1. The smallest absolute Gasteiger partial charge is 0.266 e. The molecule has 5 nitrogen and oxygen atoms in total. The molecule has 2 heterocycles. The van der Waals surface area contributed by atoms with Gasteiger partial charge in [-0.05, 0) is 49.4 Å². The van der Waals surface area contributed by atoms with Crippen LogP contribution in [-0.2, 0) is 4.79 Å². The molecule has 0 spiro atoms. The number of carbonyl (C=O) groups excluding carboxylic acids is 1. The summed E-state index contributed by atoms with van der Waals surface area (Å²) in [6.45, 7) is 6.67. The van der Waals surface area contributed by atoms with E-state index in [4.69, 9.17) is 22.1 Å². The average Bonchev–Trinajstić information content (AvgIpc) is 3.32. The zero-order valence-corrected chi connectivity index (χ0v) is 18.7. The van der Waals surface area contributed by atoms with Gasteiger partial charge < -0.3 is 4.74 Å². The van der Waals surface area contributed by atoms with Gasteiger partial charge in [0.2, 0.25) is 0 Å². The zero-order valence-electron chi connectivity index (χ0n) is 17.0. The quantitative estimate of drug-likeness (QED) is 0.278. The normalized spacial score (nSPS) is 15.0. The van der Waals surface area contributed by atoms with Crippen molar-refractivity contribution in [2.45, 2.75) is 6.92 Å². The average molecular weight is 448 g/mol. The summed E-state index contributed by atoms with van der Waals surface area (Å²) in [6.07, 6.45) is 5.47. The Labute approximate surface area is 191 Å². The van der Waals surface area contributed by atoms with Crippen LogP contribution in [0.15, 0.2) is 78.4 Å². The lowest BCUT2D eigenvalue weighted by atomic mass is 10.1. The fourth-order valence-corrected chi connectivity index (χ4v) is 4.50. The van der Waals surface area contributed by atoms with E-state index in [1.54, 1.807) is 11.0 Å². The number of nitrogens with zero attached hydrogens (tertiary/aromatic N) is 3. The molecule has 1 aliphatic heterocycles. The van der Waals surface area contributed by atoms with Gasteiger partial charge in [0.1, 0.15) is 10.1 Å². The molecule has 7 heteroatoms. The maximum absolute atomic E-state index is 12.8. The van der Waals surface area contributed by atoms with E-state index in [9.17, 15) is 4.79 Å². The summed E-state index contributed by atoms with van der Waals surface area (Å²) < 4.78 is 7.91. The molecule has 0 saturated carbocycles. The van der Waals surface area contributed by atoms with Crippen LogP contribution in [0.1, 0.15) is 12.5 Å². The van der Waals surface area contributed by atoms with Crippen molar-refractivity contribution in [2.24, 2.45) is 0 Å². The lowest BCUT2D eigenvalue weighted by molar-refractivity contribution is -0.121. The van der Waals surface area contributed by atoms with Gasteiger partial charge in [0, 0.05) is 23.9 Å². The third-order valence-corrected chi connectivity index (χ3v) is 6.05. The summed E-state index contributed by atoms with van der Waals surface area (Å²) in [6, 6.07) is 17.7. The molecule has 31 heavy (non-hydrogen) atoms. The summed E-state index contributed by atoms with van der Waals surface area (Å²) >= 11 is 6.67. The SMILES string of the molecule is C=CCN1C(=O)C(=Cc2cn(-c3ccccc3)nc2-c2ccc(OCC)cc2)SC1=S. The van der Waals surface area contributed by atoms with Crippen molar-refractivity contribution < 1.29 is 9.53 Å². The Hall–Kier alpha value is -3.16. The zero-order chi connectivity index (χ0) is 21.8. The van der Waals surface area contributed by atoms with Crippen LogP contribution in [0.4, 0.5) is 0 Å². The Kier molecular flexibility index (Phi) is 6.34. The number of thiocarbonyl (C=S) groups is 1. The van der Waals surface area contributed by atoms with Crippen LogP contribution in [-0.4, -0.2) is 38.1 Å². The number of thioether (sulfide) groups is 1. The fraction of sp³-hybridized carbons (Fsp3) is 0.125. The van der Waals surface area contributed by atoms with Gasteiger partial charge in [0.15, 0.2) is 0 Å². The predicted octanol–water partition coefficient (Wildman–Crippen LogP) is 5.33. The van der Waals surface area contributed by atoms with Crippen LogP contribution in [0.25, 0.3) is 23.0 Å². The second-order valence-electron chi connectivity index (χ2n) is 6.75. The summed E-state index contributed by atoms with van der Waals surface area (Å²) in [5.41, 5.74) is 3.49. The van der Waals surface area contributed by atoms with Crippen LogP contribution < -0.4 is 4.74 Å². The van der Waals surface area contributed by atoms with Gasteiger partial charge in [0.05, 0.1) is 22.9 Å². The van der Waals surface area contributed by atoms with E-state index in [-0.39, 0.29) is 5.91 Å². The van der Waals surface area contributed by atoms with E-state index in [0.29, 0.717) is 22.4 Å². The van der Waals surface area contributed by atoms with E-state index in [2.05, 4.69) is 6.58 Å². The van der Waals surface area contributed by atoms with Gasteiger partial charge in [-0.3, -0.25) is 9.69 Å². The Morgan fingerprint density at radius 2 is 1.90 bits per heavy atom. The Bertz CT molecular complexity index is 1150. The molecule has 1 aromatic heterocycles. The molecule has 156 valence electrons. The first-order valence-corrected chi connectivity index (χ1v) is 11.1. The molecular weight excluding hydrogens is 426 g/mol. The lowest BCUT2D eigenvalue weighted by Gasteiger charge is -2.10. The minimum atomic E-state index is -0.111. The number of benzene rings is 2. The molecule has 0 atom stereocenters. The van der Waals surface area contributed by atoms with E-state index < -0.39 is 0 Å². The lowest BCUT2D eigenvalue weighted by Crippen LogP contribution is -2.27. The van der Waals surface area contributed by atoms with E-state index in [0.717, 1.165) is 28.3 Å². The Morgan fingerprint density at radius 1 is 1.16 bits per heavy atom. The maximum Gasteiger partial charge on any atom is 0.266 e. The van der Waals surface area contributed by atoms with Crippen molar-refractivity contribution in [3.63, 3.8) is 0 Å². The highest BCUT2D eigenvalue weighted by Crippen LogP contribution is 2.35. The number of rotatable bonds is 7. The van der Waals surface area contributed by atoms with Crippen molar-refractivity contribution in [1.82, 2.24) is 14.7 Å². The van der Waals surface area contributed by atoms with E-state index in [1.165, 1.54) is 11.8 Å². The number of ether oxygens (including phenoxy) is 1. The number of hydrogen-bond donors (Lipinski definition) is 0. The van der Waals surface area contributed by atoms with Crippen LogP contribution >= 0.6 is 24.0 Å². The van der Waals surface area contributed by atoms with Gasteiger partial charge in [-0.2, -0.15) is 5.10 Å². The molecule has 0 N–H and O–H groups in total. The molecule has 1 aliphatic rings. The van der Waals surface area contributed by atoms with E-state index >= 15 is 0 Å². The molecule has 1 saturated heterocycles.